The minimum Gasteiger partial charge on any atom is -0.370 e. The largest absolute Gasteiger partial charge is 0.370 e. The van der Waals surface area contributed by atoms with E-state index in [0.29, 0.717) is 23.2 Å². The van der Waals surface area contributed by atoms with Gasteiger partial charge in [0.2, 0.25) is 0 Å². The number of nitrogens with one attached hydrogen (secondary N) is 1. The highest BCUT2D eigenvalue weighted by molar-refractivity contribution is 6.31. The molecule has 5 nitrogen and oxygen atoms in total. The average Bonchev–Trinajstić information content (AvgIpc) is 2.75. The van der Waals surface area contributed by atoms with Crippen LogP contribution in [-0.2, 0) is 20.0 Å². The Bertz CT molecular complexity index is 601. The molecule has 0 bridgehead atoms. The zero-order chi connectivity index (χ0) is 14.5. The number of aliphatic imine (C=N–C) groups is 1. The molecule has 6 heteroatoms. The van der Waals surface area contributed by atoms with E-state index >= 15 is 0 Å². The van der Waals surface area contributed by atoms with Crippen molar-refractivity contribution in [1.29, 1.82) is 0 Å². The summed E-state index contributed by atoms with van der Waals surface area (Å²) in [4.78, 5) is 4.23. The lowest BCUT2D eigenvalue weighted by Crippen LogP contribution is -2.22. The van der Waals surface area contributed by atoms with Gasteiger partial charge < -0.3 is 11.1 Å². The number of nitrogens with two attached hydrogens (primary N) is 1. The Kier molecular flexibility index (Phi) is 4.63. The molecule has 1 heterocycles. The summed E-state index contributed by atoms with van der Waals surface area (Å²) in [5.41, 5.74) is 8.75. The lowest BCUT2D eigenvalue weighted by molar-refractivity contribution is 0.743. The van der Waals surface area contributed by atoms with E-state index in [0.717, 1.165) is 12.1 Å². The van der Waals surface area contributed by atoms with Gasteiger partial charge in [0.1, 0.15) is 5.69 Å². The summed E-state index contributed by atoms with van der Waals surface area (Å²) in [7, 11) is 1.82. The molecular weight excluding hydrogens is 274 g/mol. The first-order valence-electron chi connectivity index (χ1n) is 6.42. The van der Waals surface area contributed by atoms with Crippen molar-refractivity contribution in [2.75, 3.05) is 5.32 Å². The van der Waals surface area contributed by atoms with E-state index in [4.69, 9.17) is 17.3 Å². The summed E-state index contributed by atoms with van der Waals surface area (Å²) < 4.78 is 1.65. The fourth-order valence-electron chi connectivity index (χ4n) is 1.78. The van der Waals surface area contributed by atoms with E-state index in [-0.39, 0.29) is 0 Å². The van der Waals surface area contributed by atoms with Crippen molar-refractivity contribution in [3.8, 4) is 0 Å². The third kappa shape index (κ3) is 3.74. The Hall–Kier alpha value is -2.01. The maximum atomic E-state index is 6.01. The Balaban J connectivity index is 1.98. The van der Waals surface area contributed by atoms with Crippen LogP contribution >= 0.6 is 11.6 Å². The molecule has 0 fully saturated rings. The number of aryl methyl sites for hydroxylation is 2. The predicted octanol–water partition coefficient (Wildman–Crippen LogP) is 2.56. The van der Waals surface area contributed by atoms with E-state index in [9.17, 15) is 0 Å². The minimum atomic E-state index is 0.343. The first-order valence-corrected chi connectivity index (χ1v) is 6.80. The predicted molar refractivity (Wildman–Crippen MR) is 83.0 cm³/mol. The summed E-state index contributed by atoms with van der Waals surface area (Å²) in [5.74, 6) is 0.343. The van der Waals surface area contributed by atoms with Gasteiger partial charge in [-0.2, -0.15) is 5.10 Å². The van der Waals surface area contributed by atoms with Gasteiger partial charge in [0, 0.05) is 18.9 Å². The van der Waals surface area contributed by atoms with Crippen LogP contribution in [0.5, 0.6) is 0 Å². The normalized spacial score (nSPS) is 11.7. The molecule has 0 saturated heterocycles. The van der Waals surface area contributed by atoms with Gasteiger partial charge >= 0.3 is 0 Å². The fraction of sp³-hybridized carbons (Fsp3) is 0.286. The zero-order valence-electron chi connectivity index (χ0n) is 11.6. The Morgan fingerprint density at radius 2 is 2.10 bits per heavy atom. The summed E-state index contributed by atoms with van der Waals surface area (Å²) in [5, 5.41) is 7.84. The average molecular weight is 292 g/mol. The highest BCUT2D eigenvalue weighted by Crippen LogP contribution is 2.14. The topological polar surface area (TPSA) is 68.2 Å². The lowest BCUT2D eigenvalue weighted by atomic mass is 10.1. The van der Waals surface area contributed by atoms with Crippen molar-refractivity contribution in [2.24, 2.45) is 17.8 Å². The second-order valence-corrected chi connectivity index (χ2v) is 4.88. The molecule has 2 aromatic rings. The van der Waals surface area contributed by atoms with Gasteiger partial charge in [0.15, 0.2) is 5.96 Å². The van der Waals surface area contributed by atoms with E-state index < -0.39 is 0 Å². The van der Waals surface area contributed by atoms with Crippen LogP contribution in [0, 0.1) is 0 Å². The molecule has 0 aliphatic rings. The van der Waals surface area contributed by atoms with Gasteiger partial charge in [-0.3, -0.25) is 4.68 Å². The molecule has 0 saturated carbocycles. The van der Waals surface area contributed by atoms with Crippen LogP contribution in [0.25, 0.3) is 0 Å². The van der Waals surface area contributed by atoms with Crippen LogP contribution < -0.4 is 11.1 Å². The van der Waals surface area contributed by atoms with Crippen LogP contribution in [0.2, 0.25) is 5.02 Å². The second-order valence-electron chi connectivity index (χ2n) is 4.47. The molecule has 0 spiro atoms. The SMILES string of the molecule is CCc1ccc(NC(N)=NCc2nn(C)cc2Cl)cc1. The van der Waals surface area contributed by atoms with Crippen molar-refractivity contribution < 1.29 is 0 Å². The van der Waals surface area contributed by atoms with E-state index in [1.165, 1.54) is 5.56 Å². The highest BCUT2D eigenvalue weighted by atomic mass is 35.5. The summed E-state index contributed by atoms with van der Waals surface area (Å²) in [6.07, 6.45) is 2.75. The van der Waals surface area contributed by atoms with E-state index in [1.807, 2.05) is 19.2 Å². The van der Waals surface area contributed by atoms with Gasteiger partial charge in [0.25, 0.3) is 0 Å². The molecule has 0 amide bonds. The smallest absolute Gasteiger partial charge is 0.193 e. The molecule has 2 rings (SSSR count). The standard InChI is InChI=1S/C14H18ClN5/c1-3-10-4-6-11(7-5-10)18-14(16)17-8-13-12(15)9-20(2)19-13/h4-7,9H,3,8H2,1-2H3,(H3,16,17,18). The van der Waals surface area contributed by atoms with Crippen LogP contribution in [0.1, 0.15) is 18.2 Å². The van der Waals surface area contributed by atoms with Crippen LogP contribution in [0.15, 0.2) is 35.5 Å². The first kappa shape index (κ1) is 14.4. The number of guanidine groups is 1. The number of anilines is 1. The van der Waals surface area contributed by atoms with Crippen molar-refractivity contribution in [3.05, 3.63) is 46.7 Å². The van der Waals surface area contributed by atoms with E-state index in [2.05, 4.69) is 34.5 Å². The molecule has 0 aliphatic heterocycles. The maximum absolute atomic E-state index is 6.01. The summed E-state index contributed by atoms with van der Waals surface area (Å²) in [6, 6.07) is 8.08. The first-order chi connectivity index (χ1) is 9.58. The van der Waals surface area contributed by atoms with Crippen molar-refractivity contribution in [2.45, 2.75) is 19.9 Å². The number of hydrogen-bond acceptors (Lipinski definition) is 2. The monoisotopic (exact) mass is 291 g/mol. The van der Waals surface area contributed by atoms with Gasteiger partial charge in [-0.15, -0.1) is 0 Å². The number of nitrogens with zero attached hydrogens (tertiary/aromatic N) is 3. The van der Waals surface area contributed by atoms with Crippen LogP contribution in [0.3, 0.4) is 0 Å². The molecule has 0 radical (unpaired) electrons. The molecule has 0 aliphatic carbocycles. The number of rotatable bonds is 4. The molecule has 3 N–H and O–H groups in total. The van der Waals surface area contributed by atoms with Gasteiger partial charge in [-0.1, -0.05) is 30.7 Å². The van der Waals surface area contributed by atoms with Crippen molar-refractivity contribution >= 4 is 23.2 Å². The Morgan fingerprint density at radius 3 is 2.65 bits per heavy atom. The van der Waals surface area contributed by atoms with Crippen molar-refractivity contribution in [1.82, 2.24) is 9.78 Å². The number of hydrogen-bond donors (Lipinski definition) is 2. The molecule has 0 unspecified atom stereocenters. The third-order valence-electron chi connectivity index (χ3n) is 2.89. The molecule has 1 aromatic carbocycles. The summed E-state index contributed by atoms with van der Waals surface area (Å²) >= 11 is 6.01. The highest BCUT2D eigenvalue weighted by Gasteiger charge is 2.04. The third-order valence-corrected chi connectivity index (χ3v) is 3.20. The van der Waals surface area contributed by atoms with E-state index in [1.54, 1.807) is 10.9 Å². The molecular formula is C14H18ClN5. The Labute approximate surface area is 123 Å². The van der Waals surface area contributed by atoms with Crippen LogP contribution in [0.4, 0.5) is 5.69 Å². The van der Waals surface area contributed by atoms with Gasteiger partial charge in [0.05, 0.1) is 11.6 Å². The minimum absolute atomic E-state index is 0.343. The molecule has 20 heavy (non-hydrogen) atoms. The van der Waals surface area contributed by atoms with Crippen LogP contribution in [-0.4, -0.2) is 15.7 Å². The number of aromatic nitrogens is 2. The maximum Gasteiger partial charge on any atom is 0.193 e. The Morgan fingerprint density at radius 1 is 1.40 bits per heavy atom. The summed E-state index contributed by atoms with van der Waals surface area (Å²) in [6.45, 7) is 2.47. The van der Waals surface area contributed by atoms with Gasteiger partial charge in [-0.05, 0) is 24.1 Å². The zero-order valence-corrected chi connectivity index (χ0v) is 12.4. The van der Waals surface area contributed by atoms with Gasteiger partial charge in [-0.25, -0.2) is 4.99 Å². The number of benzene rings is 1. The lowest BCUT2D eigenvalue weighted by Gasteiger charge is -2.06. The number of halogens is 1. The molecule has 1 aromatic heterocycles. The molecule has 106 valence electrons. The van der Waals surface area contributed by atoms with Crippen molar-refractivity contribution in [3.63, 3.8) is 0 Å². The second kappa shape index (κ2) is 6.43. The fourth-order valence-corrected chi connectivity index (χ4v) is 2.02. The molecule has 0 atom stereocenters. The quantitative estimate of drug-likeness (QED) is 0.672.